The Balaban J connectivity index is 3.42. The van der Waals surface area contributed by atoms with Crippen LogP contribution in [0.2, 0.25) is 0 Å². The standard InChI is InChI=1S/C30H51N3O4/c1-9-11-12-16-20-33(28(35)25(21-22(3)4)32-29(36)37-30(6,7)8)26(24-18-14-13-15-19-24)27(34)31-23(5)17-10-2/h13-15,18-19,22-23,25-26H,9-12,16-17,20-21H2,1-8H3,(H,31,34)(H,32,36). The van der Waals surface area contributed by atoms with E-state index in [0.717, 1.165) is 44.1 Å². The highest BCUT2D eigenvalue weighted by molar-refractivity contribution is 5.92. The predicted octanol–water partition coefficient (Wildman–Crippen LogP) is 6.38. The lowest BCUT2D eigenvalue weighted by Crippen LogP contribution is -2.54. The molecule has 3 atom stereocenters. The van der Waals surface area contributed by atoms with E-state index in [2.05, 4.69) is 24.5 Å². The lowest BCUT2D eigenvalue weighted by Gasteiger charge is -2.35. The van der Waals surface area contributed by atoms with Crippen LogP contribution < -0.4 is 10.6 Å². The van der Waals surface area contributed by atoms with Gasteiger partial charge in [0.15, 0.2) is 0 Å². The molecule has 0 aromatic heterocycles. The van der Waals surface area contributed by atoms with Crippen LogP contribution in [0, 0.1) is 5.92 Å². The molecule has 0 saturated heterocycles. The van der Waals surface area contributed by atoms with Gasteiger partial charge in [0, 0.05) is 12.6 Å². The molecule has 3 unspecified atom stereocenters. The molecular weight excluding hydrogens is 466 g/mol. The van der Waals surface area contributed by atoms with Gasteiger partial charge >= 0.3 is 6.09 Å². The van der Waals surface area contributed by atoms with Crippen molar-refractivity contribution in [1.82, 2.24) is 15.5 Å². The van der Waals surface area contributed by atoms with Crippen LogP contribution >= 0.6 is 0 Å². The van der Waals surface area contributed by atoms with Crippen molar-refractivity contribution in [2.75, 3.05) is 6.54 Å². The van der Waals surface area contributed by atoms with Gasteiger partial charge in [-0.25, -0.2) is 4.79 Å². The Labute approximate surface area is 225 Å². The zero-order chi connectivity index (χ0) is 28.0. The summed E-state index contributed by atoms with van der Waals surface area (Å²) in [6, 6.07) is 7.85. The zero-order valence-electron chi connectivity index (χ0n) is 24.4. The average molecular weight is 518 g/mol. The number of nitrogens with zero attached hydrogens (tertiary/aromatic N) is 1. The van der Waals surface area contributed by atoms with E-state index in [0.29, 0.717) is 13.0 Å². The molecule has 0 aliphatic carbocycles. The Morgan fingerprint density at radius 2 is 1.57 bits per heavy atom. The molecule has 0 bridgehead atoms. The summed E-state index contributed by atoms with van der Waals surface area (Å²) < 4.78 is 5.46. The number of amides is 3. The van der Waals surface area contributed by atoms with E-state index >= 15 is 0 Å². The third-order valence-corrected chi connectivity index (χ3v) is 6.02. The second-order valence-corrected chi connectivity index (χ2v) is 11.4. The van der Waals surface area contributed by atoms with Crippen molar-refractivity contribution in [3.63, 3.8) is 0 Å². The minimum Gasteiger partial charge on any atom is -0.444 e. The first-order valence-corrected chi connectivity index (χ1v) is 14.0. The van der Waals surface area contributed by atoms with Gasteiger partial charge in [0.2, 0.25) is 11.8 Å². The number of hydrogen-bond donors (Lipinski definition) is 2. The fourth-order valence-electron chi connectivity index (χ4n) is 4.35. The topological polar surface area (TPSA) is 87.7 Å². The van der Waals surface area contributed by atoms with Gasteiger partial charge in [-0.05, 0) is 58.4 Å². The maximum absolute atomic E-state index is 14.2. The van der Waals surface area contributed by atoms with Gasteiger partial charge in [0.1, 0.15) is 17.7 Å². The smallest absolute Gasteiger partial charge is 0.408 e. The third-order valence-electron chi connectivity index (χ3n) is 6.02. The van der Waals surface area contributed by atoms with E-state index in [4.69, 9.17) is 4.74 Å². The van der Waals surface area contributed by atoms with E-state index in [-0.39, 0.29) is 23.8 Å². The second-order valence-electron chi connectivity index (χ2n) is 11.4. The molecule has 0 fully saturated rings. The minimum atomic E-state index is -0.798. The quantitative estimate of drug-likeness (QED) is 0.264. The molecular formula is C30H51N3O4. The summed E-state index contributed by atoms with van der Waals surface area (Å²) in [6.45, 7) is 16.0. The van der Waals surface area contributed by atoms with Crippen molar-refractivity contribution in [2.45, 2.75) is 124 Å². The number of hydrogen-bond acceptors (Lipinski definition) is 4. The van der Waals surface area contributed by atoms with E-state index < -0.39 is 23.8 Å². The summed E-state index contributed by atoms with van der Waals surface area (Å²) in [5.74, 6) is -0.306. The van der Waals surface area contributed by atoms with Gasteiger partial charge in [-0.3, -0.25) is 9.59 Å². The summed E-state index contributed by atoms with van der Waals surface area (Å²) in [5.41, 5.74) is 0.0742. The van der Waals surface area contributed by atoms with Crippen molar-refractivity contribution in [1.29, 1.82) is 0 Å². The number of benzene rings is 1. The third kappa shape index (κ3) is 12.5. The summed E-state index contributed by atoms with van der Waals surface area (Å²) in [5, 5.41) is 5.93. The lowest BCUT2D eigenvalue weighted by molar-refractivity contribution is -0.143. The summed E-state index contributed by atoms with van der Waals surface area (Å²) in [6.07, 6.45) is 5.49. The minimum absolute atomic E-state index is 0.00731. The largest absolute Gasteiger partial charge is 0.444 e. The number of ether oxygens (including phenoxy) is 1. The fraction of sp³-hybridized carbons (Fsp3) is 0.700. The normalized spacial score (nSPS) is 14.0. The van der Waals surface area contributed by atoms with Crippen LogP contribution in [0.1, 0.15) is 112 Å². The first-order valence-electron chi connectivity index (χ1n) is 14.0. The molecule has 1 rings (SSSR count). The Kier molecular flexibility index (Phi) is 14.3. The monoisotopic (exact) mass is 517 g/mol. The Bertz CT molecular complexity index is 820. The van der Waals surface area contributed by atoms with Crippen molar-refractivity contribution < 1.29 is 19.1 Å². The zero-order valence-corrected chi connectivity index (χ0v) is 24.4. The molecule has 0 radical (unpaired) electrons. The van der Waals surface area contributed by atoms with Gasteiger partial charge < -0.3 is 20.3 Å². The summed E-state index contributed by atoms with van der Waals surface area (Å²) in [4.78, 5) is 42.2. The molecule has 2 N–H and O–H groups in total. The van der Waals surface area contributed by atoms with E-state index in [1.165, 1.54) is 0 Å². The molecule has 37 heavy (non-hydrogen) atoms. The number of unbranched alkanes of at least 4 members (excludes halogenated alkanes) is 3. The van der Waals surface area contributed by atoms with E-state index in [9.17, 15) is 14.4 Å². The van der Waals surface area contributed by atoms with E-state index in [1.54, 1.807) is 25.7 Å². The van der Waals surface area contributed by atoms with Crippen LogP contribution in [0.15, 0.2) is 30.3 Å². The first kappa shape index (κ1) is 32.5. The van der Waals surface area contributed by atoms with Crippen LogP contribution in [-0.2, 0) is 14.3 Å². The molecule has 0 saturated carbocycles. The van der Waals surface area contributed by atoms with Crippen molar-refractivity contribution in [2.24, 2.45) is 5.92 Å². The van der Waals surface area contributed by atoms with Gasteiger partial charge in [-0.15, -0.1) is 0 Å². The molecule has 7 heteroatoms. The molecule has 1 aromatic rings. The van der Waals surface area contributed by atoms with Crippen LogP contribution in [0.4, 0.5) is 4.79 Å². The highest BCUT2D eigenvalue weighted by Crippen LogP contribution is 2.25. The fourth-order valence-corrected chi connectivity index (χ4v) is 4.35. The van der Waals surface area contributed by atoms with E-state index in [1.807, 2.05) is 51.1 Å². The molecule has 3 amide bonds. The number of carbonyl (C=O) groups excluding carboxylic acids is 3. The molecule has 0 spiro atoms. The van der Waals surface area contributed by atoms with Gasteiger partial charge in [-0.2, -0.15) is 0 Å². The van der Waals surface area contributed by atoms with Crippen molar-refractivity contribution in [3.8, 4) is 0 Å². The number of rotatable bonds is 15. The number of alkyl carbamates (subject to hydrolysis) is 1. The molecule has 0 heterocycles. The molecule has 7 nitrogen and oxygen atoms in total. The Morgan fingerprint density at radius 3 is 2.11 bits per heavy atom. The first-order chi connectivity index (χ1) is 17.4. The van der Waals surface area contributed by atoms with Gasteiger partial charge in [0.05, 0.1) is 0 Å². The van der Waals surface area contributed by atoms with Crippen LogP contribution in [-0.4, -0.2) is 47.0 Å². The highest BCUT2D eigenvalue weighted by atomic mass is 16.6. The van der Waals surface area contributed by atoms with Crippen molar-refractivity contribution in [3.05, 3.63) is 35.9 Å². The summed E-state index contributed by atoms with van der Waals surface area (Å²) in [7, 11) is 0. The van der Waals surface area contributed by atoms with Gasteiger partial charge in [0.25, 0.3) is 0 Å². The van der Waals surface area contributed by atoms with Gasteiger partial charge in [-0.1, -0.05) is 83.7 Å². The highest BCUT2D eigenvalue weighted by Gasteiger charge is 2.36. The maximum Gasteiger partial charge on any atom is 0.408 e. The Hall–Kier alpha value is -2.57. The summed E-state index contributed by atoms with van der Waals surface area (Å²) >= 11 is 0. The predicted molar refractivity (Wildman–Crippen MR) is 150 cm³/mol. The molecule has 210 valence electrons. The number of carbonyl (C=O) groups is 3. The van der Waals surface area contributed by atoms with Crippen LogP contribution in [0.25, 0.3) is 0 Å². The molecule has 0 aliphatic rings. The second kappa shape index (κ2) is 16.3. The van der Waals surface area contributed by atoms with Crippen LogP contribution in [0.3, 0.4) is 0 Å². The Morgan fingerprint density at radius 1 is 0.919 bits per heavy atom. The van der Waals surface area contributed by atoms with Crippen LogP contribution in [0.5, 0.6) is 0 Å². The van der Waals surface area contributed by atoms with Crippen molar-refractivity contribution >= 4 is 17.9 Å². The molecule has 0 aliphatic heterocycles. The SMILES string of the molecule is CCCCCCN(C(=O)C(CC(C)C)NC(=O)OC(C)(C)C)C(C(=O)NC(C)CCC)c1ccccc1. The number of nitrogens with one attached hydrogen (secondary N) is 2. The molecule has 1 aromatic carbocycles. The average Bonchev–Trinajstić information content (AvgIpc) is 2.79. The maximum atomic E-state index is 14.2. The lowest BCUT2D eigenvalue weighted by atomic mass is 9.98.